The lowest BCUT2D eigenvalue weighted by molar-refractivity contribution is 0.725. The fraction of sp³-hybridized carbons (Fsp3) is 0.133. The van der Waals surface area contributed by atoms with E-state index in [1.807, 2.05) is 41.1 Å². The minimum absolute atomic E-state index is 0.381. The molecule has 0 radical (unpaired) electrons. The molecule has 0 bridgehead atoms. The van der Waals surface area contributed by atoms with E-state index in [0.717, 1.165) is 35.4 Å². The summed E-state index contributed by atoms with van der Waals surface area (Å²) >= 11 is 5.14. The summed E-state index contributed by atoms with van der Waals surface area (Å²) in [6.45, 7) is 1.56. The van der Waals surface area contributed by atoms with Crippen LogP contribution in [0.4, 0.5) is 5.82 Å². The van der Waals surface area contributed by atoms with Gasteiger partial charge in [0.1, 0.15) is 10.8 Å². The van der Waals surface area contributed by atoms with E-state index in [1.54, 1.807) is 12.5 Å². The second kappa shape index (κ2) is 5.88. The molecule has 2 heterocycles. The third-order valence-corrected chi connectivity index (χ3v) is 3.44. The second-order valence-electron chi connectivity index (χ2n) is 4.66. The number of anilines is 1. The van der Waals surface area contributed by atoms with Crippen molar-refractivity contribution in [3.8, 4) is 0 Å². The van der Waals surface area contributed by atoms with E-state index < -0.39 is 0 Å². The van der Waals surface area contributed by atoms with Crippen LogP contribution in [0.5, 0.6) is 0 Å². The maximum absolute atomic E-state index is 5.82. The van der Waals surface area contributed by atoms with Crippen molar-refractivity contribution in [3.63, 3.8) is 0 Å². The summed E-state index contributed by atoms with van der Waals surface area (Å²) in [5.41, 5.74) is 7.55. The Hall–Kier alpha value is -2.47. The van der Waals surface area contributed by atoms with E-state index in [1.165, 1.54) is 0 Å². The van der Waals surface area contributed by atoms with E-state index in [4.69, 9.17) is 18.0 Å². The Morgan fingerprint density at radius 3 is 2.95 bits per heavy atom. The molecule has 1 aromatic carbocycles. The molecule has 3 aromatic rings. The summed E-state index contributed by atoms with van der Waals surface area (Å²) in [4.78, 5) is 8.98. The molecule has 0 atom stereocenters. The van der Waals surface area contributed by atoms with Crippen LogP contribution in [0, 0.1) is 0 Å². The number of thiocarbonyl (C=S) groups is 1. The van der Waals surface area contributed by atoms with Crippen LogP contribution in [0.2, 0.25) is 0 Å². The minimum atomic E-state index is 0.381. The highest BCUT2D eigenvalue weighted by atomic mass is 32.1. The van der Waals surface area contributed by atoms with Crippen LogP contribution in [0.25, 0.3) is 10.9 Å². The molecule has 0 amide bonds. The van der Waals surface area contributed by atoms with Gasteiger partial charge in [-0.15, -0.1) is 0 Å². The van der Waals surface area contributed by atoms with Gasteiger partial charge in [-0.2, -0.15) is 0 Å². The highest BCUT2D eigenvalue weighted by molar-refractivity contribution is 7.80. The maximum atomic E-state index is 5.82. The smallest absolute Gasteiger partial charge is 0.127 e. The molecule has 0 aliphatic heterocycles. The Bertz CT molecular complexity index is 767. The topological polar surface area (TPSA) is 68.8 Å². The number of aromatic nitrogens is 3. The van der Waals surface area contributed by atoms with Gasteiger partial charge in [-0.3, -0.25) is 0 Å². The Morgan fingerprint density at radius 2 is 2.19 bits per heavy atom. The third-order valence-electron chi connectivity index (χ3n) is 3.22. The number of para-hydroxylation sites is 1. The van der Waals surface area contributed by atoms with Crippen LogP contribution in [-0.4, -0.2) is 26.1 Å². The maximum Gasteiger partial charge on any atom is 0.127 e. The van der Waals surface area contributed by atoms with Gasteiger partial charge in [0.2, 0.25) is 0 Å². The Labute approximate surface area is 127 Å². The molecule has 5 nitrogen and oxygen atoms in total. The van der Waals surface area contributed by atoms with Crippen molar-refractivity contribution in [2.24, 2.45) is 5.73 Å². The number of nitrogens with zero attached hydrogens (tertiary/aromatic N) is 3. The molecule has 106 valence electrons. The number of imidazole rings is 1. The largest absolute Gasteiger partial charge is 0.389 e. The molecule has 0 saturated heterocycles. The average molecular weight is 297 g/mol. The van der Waals surface area contributed by atoms with Crippen molar-refractivity contribution >= 4 is 33.9 Å². The molecule has 6 heteroatoms. The summed E-state index contributed by atoms with van der Waals surface area (Å²) in [7, 11) is 0. The number of nitrogens with two attached hydrogens (primary N) is 1. The predicted molar refractivity (Wildman–Crippen MR) is 88.3 cm³/mol. The van der Waals surface area contributed by atoms with Crippen molar-refractivity contribution < 1.29 is 0 Å². The lowest BCUT2D eigenvalue weighted by atomic mass is 10.1. The molecule has 0 aliphatic rings. The van der Waals surface area contributed by atoms with Crippen LogP contribution in [0.1, 0.15) is 5.56 Å². The zero-order valence-corrected chi connectivity index (χ0v) is 12.2. The van der Waals surface area contributed by atoms with Gasteiger partial charge >= 0.3 is 0 Å². The molecule has 0 unspecified atom stereocenters. The summed E-state index contributed by atoms with van der Waals surface area (Å²) in [5.74, 6) is 0.775. The third kappa shape index (κ3) is 3.00. The Kier molecular flexibility index (Phi) is 3.79. The fourth-order valence-electron chi connectivity index (χ4n) is 2.20. The van der Waals surface area contributed by atoms with Crippen LogP contribution in [0.3, 0.4) is 0 Å². The Morgan fingerprint density at radius 1 is 1.33 bits per heavy atom. The standard InChI is InChI=1S/C15H15N5S/c16-15(21)12-9-14(18-6-8-20-7-5-17-10-20)19-13-4-2-1-3-11(12)13/h1-5,7,9-10H,6,8H2,(H2,16,21)(H,18,19). The van der Waals surface area contributed by atoms with Crippen molar-refractivity contribution in [1.29, 1.82) is 0 Å². The second-order valence-corrected chi connectivity index (χ2v) is 5.10. The van der Waals surface area contributed by atoms with E-state index in [9.17, 15) is 0 Å². The molecule has 2 aromatic heterocycles. The summed E-state index contributed by atoms with van der Waals surface area (Å²) in [6.07, 6.45) is 5.48. The quantitative estimate of drug-likeness (QED) is 0.706. The molecule has 0 spiro atoms. The van der Waals surface area contributed by atoms with Crippen LogP contribution < -0.4 is 11.1 Å². The van der Waals surface area contributed by atoms with Gasteiger partial charge in [0.05, 0.1) is 11.8 Å². The van der Waals surface area contributed by atoms with Gasteiger partial charge in [0.15, 0.2) is 0 Å². The van der Waals surface area contributed by atoms with Gasteiger partial charge in [-0.1, -0.05) is 30.4 Å². The molecule has 3 N–H and O–H groups in total. The number of nitrogens with one attached hydrogen (secondary N) is 1. The van der Waals surface area contributed by atoms with Gasteiger partial charge in [0.25, 0.3) is 0 Å². The van der Waals surface area contributed by atoms with E-state index in [2.05, 4.69) is 15.3 Å². The Balaban J connectivity index is 1.83. The van der Waals surface area contributed by atoms with E-state index >= 15 is 0 Å². The highest BCUT2D eigenvalue weighted by Gasteiger charge is 2.07. The SMILES string of the molecule is NC(=S)c1cc(NCCn2ccnc2)nc2ccccc12. The van der Waals surface area contributed by atoms with Gasteiger partial charge < -0.3 is 15.6 Å². The number of rotatable bonds is 5. The normalized spacial score (nSPS) is 10.7. The molecule has 0 fully saturated rings. The monoisotopic (exact) mass is 297 g/mol. The first-order valence-corrected chi connectivity index (χ1v) is 7.04. The predicted octanol–water partition coefficient (Wildman–Crippen LogP) is 2.18. The van der Waals surface area contributed by atoms with Gasteiger partial charge in [-0.05, 0) is 12.1 Å². The van der Waals surface area contributed by atoms with Crippen LogP contribution in [-0.2, 0) is 6.54 Å². The first-order chi connectivity index (χ1) is 10.2. The zero-order valence-electron chi connectivity index (χ0n) is 11.4. The average Bonchev–Trinajstić information content (AvgIpc) is 2.99. The number of benzene rings is 1. The summed E-state index contributed by atoms with van der Waals surface area (Å²) in [5, 5.41) is 4.27. The van der Waals surface area contributed by atoms with Crippen LogP contribution >= 0.6 is 12.2 Å². The van der Waals surface area contributed by atoms with Crippen molar-refractivity contribution in [1.82, 2.24) is 14.5 Å². The van der Waals surface area contributed by atoms with E-state index in [-0.39, 0.29) is 0 Å². The number of pyridine rings is 1. The van der Waals surface area contributed by atoms with Gasteiger partial charge in [-0.25, -0.2) is 9.97 Å². The minimum Gasteiger partial charge on any atom is -0.389 e. The molecular weight excluding hydrogens is 282 g/mol. The van der Waals surface area contributed by atoms with Crippen molar-refractivity contribution in [2.75, 3.05) is 11.9 Å². The molecule has 0 aliphatic carbocycles. The lowest BCUT2D eigenvalue weighted by Crippen LogP contribution is -2.14. The first-order valence-electron chi connectivity index (χ1n) is 6.63. The van der Waals surface area contributed by atoms with Crippen LogP contribution in [0.15, 0.2) is 49.1 Å². The van der Waals surface area contributed by atoms with Crippen molar-refractivity contribution in [2.45, 2.75) is 6.54 Å². The van der Waals surface area contributed by atoms with Crippen molar-refractivity contribution in [3.05, 3.63) is 54.6 Å². The van der Waals surface area contributed by atoms with E-state index in [0.29, 0.717) is 4.99 Å². The zero-order chi connectivity index (χ0) is 14.7. The molecular formula is C15H15N5S. The lowest BCUT2D eigenvalue weighted by Gasteiger charge is -2.10. The summed E-state index contributed by atoms with van der Waals surface area (Å²) < 4.78 is 2.00. The van der Waals surface area contributed by atoms with Gasteiger partial charge in [0, 0.05) is 36.4 Å². The fourth-order valence-corrected chi connectivity index (χ4v) is 2.37. The first kappa shape index (κ1) is 13.5. The number of hydrogen-bond acceptors (Lipinski definition) is 4. The molecule has 3 rings (SSSR count). The summed E-state index contributed by atoms with van der Waals surface area (Å²) in [6, 6.07) is 9.74. The highest BCUT2D eigenvalue weighted by Crippen LogP contribution is 2.20. The molecule has 0 saturated carbocycles. The molecule has 21 heavy (non-hydrogen) atoms. The number of hydrogen-bond donors (Lipinski definition) is 2. The number of fused-ring (bicyclic) bond motifs is 1.